The van der Waals surface area contributed by atoms with Crippen molar-refractivity contribution in [2.75, 3.05) is 7.05 Å². The maximum atomic E-state index is 13.5. The van der Waals surface area contributed by atoms with E-state index in [9.17, 15) is 4.39 Å². The second-order valence-electron chi connectivity index (χ2n) is 4.76. The van der Waals surface area contributed by atoms with Crippen LogP contribution in [0.5, 0.6) is 0 Å². The molecule has 2 aromatic rings. The zero-order chi connectivity index (χ0) is 14.0. The molecule has 1 aromatic carbocycles. The lowest BCUT2D eigenvalue weighted by Gasteiger charge is -2.19. The molecule has 3 nitrogen and oxygen atoms in total. The first-order valence-corrected chi connectivity index (χ1v) is 6.53. The van der Waals surface area contributed by atoms with Gasteiger partial charge in [-0.15, -0.1) is 0 Å². The topological polar surface area (TPSA) is 29.9 Å². The van der Waals surface area contributed by atoms with Crippen molar-refractivity contribution in [1.29, 1.82) is 0 Å². The molecule has 0 bridgehead atoms. The van der Waals surface area contributed by atoms with Crippen LogP contribution in [0.3, 0.4) is 0 Å². The number of hydrogen-bond acceptors (Lipinski definition) is 2. The second kappa shape index (κ2) is 5.53. The normalized spacial score (nSPS) is 12.7. The van der Waals surface area contributed by atoms with Gasteiger partial charge in [0, 0.05) is 7.05 Å². The van der Waals surface area contributed by atoms with Gasteiger partial charge in [0.2, 0.25) is 0 Å². The van der Waals surface area contributed by atoms with E-state index in [4.69, 9.17) is 0 Å². The Morgan fingerprint density at radius 2 is 2.11 bits per heavy atom. The average Bonchev–Trinajstić information content (AvgIpc) is 2.76. The Morgan fingerprint density at radius 3 is 2.68 bits per heavy atom. The minimum Gasteiger partial charge on any atom is -0.308 e. The Kier molecular flexibility index (Phi) is 4.00. The predicted molar refractivity (Wildman–Crippen MR) is 74.6 cm³/mol. The summed E-state index contributed by atoms with van der Waals surface area (Å²) in [6, 6.07) is 6.92. The third-order valence-corrected chi connectivity index (χ3v) is 3.47. The summed E-state index contributed by atoms with van der Waals surface area (Å²) in [5.74, 6) is -0.210. The highest BCUT2D eigenvalue weighted by atomic mass is 19.1. The number of hydrogen-bond donors (Lipinski definition) is 1. The van der Waals surface area contributed by atoms with Gasteiger partial charge in [0.1, 0.15) is 5.82 Å². The summed E-state index contributed by atoms with van der Waals surface area (Å²) in [4.78, 5) is 0. The first kappa shape index (κ1) is 13.7. The minimum absolute atomic E-state index is 0.0477. The third kappa shape index (κ3) is 2.68. The number of benzene rings is 1. The molecule has 19 heavy (non-hydrogen) atoms. The second-order valence-corrected chi connectivity index (χ2v) is 4.76. The molecule has 4 heteroatoms. The maximum Gasteiger partial charge on any atom is 0.123 e. The summed E-state index contributed by atoms with van der Waals surface area (Å²) in [6.07, 6.45) is 0.895. The van der Waals surface area contributed by atoms with Crippen molar-refractivity contribution in [2.45, 2.75) is 26.3 Å². The molecule has 0 radical (unpaired) electrons. The van der Waals surface area contributed by atoms with Crippen molar-refractivity contribution in [3.8, 4) is 0 Å². The Hall–Kier alpha value is -1.68. The van der Waals surface area contributed by atoms with E-state index in [0.29, 0.717) is 0 Å². The molecule has 0 fully saturated rings. The standard InChI is InChI=1S/C15H20FN3/c1-5-12-9-14(19(4)18-12)15(17-3)13-8-11(16)7-6-10(13)2/h6-9,15,17H,5H2,1-4H3. The molecule has 2 rings (SSSR count). The van der Waals surface area contributed by atoms with E-state index in [2.05, 4.69) is 23.4 Å². The SMILES string of the molecule is CCc1cc(C(NC)c2cc(F)ccc2C)n(C)n1. The van der Waals surface area contributed by atoms with E-state index in [-0.39, 0.29) is 11.9 Å². The quantitative estimate of drug-likeness (QED) is 0.917. The fourth-order valence-electron chi connectivity index (χ4n) is 2.37. The van der Waals surface area contributed by atoms with Gasteiger partial charge in [0.25, 0.3) is 0 Å². The summed E-state index contributed by atoms with van der Waals surface area (Å²) in [5, 5.41) is 7.71. The molecule has 0 saturated carbocycles. The van der Waals surface area contributed by atoms with Crippen molar-refractivity contribution < 1.29 is 4.39 Å². The molecular weight excluding hydrogens is 241 g/mol. The number of nitrogens with one attached hydrogen (secondary N) is 1. The summed E-state index contributed by atoms with van der Waals surface area (Å²) in [5.41, 5.74) is 4.12. The first-order valence-electron chi connectivity index (χ1n) is 6.53. The minimum atomic E-state index is -0.210. The average molecular weight is 261 g/mol. The van der Waals surface area contributed by atoms with Gasteiger partial charge in [-0.3, -0.25) is 4.68 Å². The van der Waals surface area contributed by atoms with Crippen LogP contribution in [-0.2, 0) is 13.5 Å². The molecule has 0 saturated heterocycles. The zero-order valence-corrected chi connectivity index (χ0v) is 11.9. The third-order valence-electron chi connectivity index (χ3n) is 3.47. The molecule has 0 aliphatic rings. The van der Waals surface area contributed by atoms with Gasteiger partial charge in [-0.05, 0) is 49.7 Å². The fourth-order valence-corrected chi connectivity index (χ4v) is 2.37. The van der Waals surface area contributed by atoms with Gasteiger partial charge in [0.05, 0.1) is 17.4 Å². The van der Waals surface area contributed by atoms with Crippen LogP contribution < -0.4 is 5.32 Å². The van der Waals surface area contributed by atoms with Crippen LogP contribution in [0, 0.1) is 12.7 Å². The molecule has 0 spiro atoms. The zero-order valence-electron chi connectivity index (χ0n) is 11.9. The van der Waals surface area contributed by atoms with Gasteiger partial charge in [0.15, 0.2) is 0 Å². The monoisotopic (exact) mass is 261 g/mol. The highest BCUT2D eigenvalue weighted by Gasteiger charge is 2.19. The van der Waals surface area contributed by atoms with Crippen LogP contribution in [0.4, 0.5) is 4.39 Å². The van der Waals surface area contributed by atoms with Crippen LogP contribution in [0.15, 0.2) is 24.3 Å². The molecular formula is C15H20FN3. The van der Waals surface area contributed by atoms with Crippen LogP contribution >= 0.6 is 0 Å². The Balaban J connectivity index is 2.49. The Bertz CT molecular complexity index is 575. The Labute approximate surface area is 113 Å². The lowest BCUT2D eigenvalue weighted by atomic mass is 9.98. The van der Waals surface area contributed by atoms with Crippen molar-refractivity contribution in [3.05, 3.63) is 52.6 Å². The Morgan fingerprint density at radius 1 is 1.37 bits per heavy atom. The summed E-state index contributed by atoms with van der Waals surface area (Å²) < 4.78 is 15.3. The number of aromatic nitrogens is 2. The van der Waals surface area contributed by atoms with E-state index >= 15 is 0 Å². The van der Waals surface area contributed by atoms with Crippen molar-refractivity contribution >= 4 is 0 Å². The van der Waals surface area contributed by atoms with Crippen LogP contribution in [0.2, 0.25) is 0 Å². The highest BCUT2D eigenvalue weighted by Crippen LogP contribution is 2.25. The van der Waals surface area contributed by atoms with Gasteiger partial charge in [-0.1, -0.05) is 13.0 Å². The molecule has 0 aliphatic heterocycles. The molecule has 1 unspecified atom stereocenters. The number of halogens is 1. The summed E-state index contributed by atoms with van der Waals surface area (Å²) in [7, 11) is 3.81. The first-order chi connectivity index (χ1) is 9.06. The molecule has 1 N–H and O–H groups in total. The van der Waals surface area contributed by atoms with Crippen LogP contribution in [-0.4, -0.2) is 16.8 Å². The number of nitrogens with zero attached hydrogens (tertiary/aromatic N) is 2. The molecule has 0 amide bonds. The fraction of sp³-hybridized carbons (Fsp3) is 0.400. The lowest BCUT2D eigenvalue weighted by molar-refractivity contribution is 0.587. The van der Waals surface area contributed by atoms with Crippen molar-refractivity contribution in [3.63, 3.8) is 0 Å². The number of rotatable bonds is 4. The summed E-state index contributed by atoms with van der Waals surface area (Å²) in [6.45, 7) is 4.07. The van der Waals surface area contributed by atoms with Gasteiger partial charge < -0.3 is 5.32 Å². The van der Waals surface area contributed by atoms with E-state index in [1.54, 1.807) is 6.07 Å². The summed E-state index contributed by atoms with van der Waals surface area (Å²) >= 11 is 0. The van der Waals surface area contributed by atoms with Crippen LogP contribution in [0.1, 0.15) is 35.5 Å². The van der Waals surface area contributed by atoms with E-state index in [0.717, 1.165) is 28.9 Å². The molecule has 0 aliphatic carbocycles. The maximum absolute atomic E-state index is 13.5. The molecule has 1 atom stereocenters. The van der Waals surface area contributed by atoms with E-state index in [1.165, 1.54) is 6.07 Å². The van der Waals surface area contributed by atoms with Crippen molar-refractivity contribution in [2.24, 2.45) is 7.05 Å². The molecule has 102 valence electrons. The largest absolute Gasteiger partial charge is 0.308 e. The molecule has 1 aromatic heterocycles. The smallest absolute Gasteiger partial charge is 0.123 e. The van der Waals surface area contributed by atoms with Gasteiger partial charge in [-0.25, -0.2) is 4.39 Å². The highest BCUT2D eigenvalue weighted by molar-refractivity contribution is 5.35. The lowest BCUT2D eigenvalue weighted by Crippen LogP contribution is -2.21. The predicted octanol–water partition coefficient (Wildman–Crippen LogP) is 2.74. The van der Waals surface area contributed by atoms with Gasteiger partial charge in [-0.2, -0.15) is 5.10 Å². The van der Waals surface area contributed by atoms with Gasteiger partial charge >= 0.3 is 0 Å². The van der Waals surface area contributed by atoms with E-state index in [1.807, 2.05) is 31.8 Å². The number of aryl methyl sites for hydroxylation is 3. The van der Waals surface area contributed by atoms with Crippen LogP contribution in [0.25, 0.3) is 0 Å². The van der Waals surface area contributed by atoms with E-state index < -0.39 is 0 Å². The van der Waals surface area contributed by atoms with Crippen molar-refractivity contribution in [1.82, 2.24) is 15.1 Å². The molecule has 1 heterocycles.